The second-order valence-corrected chi connectivity index (χ2v) is 7.46. The van der Waals surface area contributed by atoms with Crippen molar-refractivity contribution in [2.24, 2.45) is 11.1 Å². The number of nitrogens with two attached hydrogens (primary N) is 1. The van der Waals surface area contributed by atoms with E-state index >= 15 is 0 Å². The summed E-state index contributed by atoms with van der Waals surface area (Å²) < 4.78 is 22.5. The smallest absolute Gasteiger partial charge is 0.238 e. The number of amides is 1. The van der Waals surface area contributed by atoms with Crippen molar-refractivity contribution in [1.82, 2.24) is 10.2 Å². The van der Waals surface area contributed by atoms with Crippen LogP contribution < -0.4 is 10.5 Å². The third-order valence-electron chi connectivity index (χ3n) is 3.45. The zero-order valence-electron chi connectivity index (χ0n) is 13.5. The number of carbonyl (C=O) groups excluding carboxylic acids is 1. The SMILES string of the molecule is CC(C)CNC(=O)CN(C)C(C)c1ccc(S(N)(=O)=O)cc1. The van der Waals surface area contributed by atoms with Gasteiger partial charge in [-0.2, -0.15) is 0 Å². The summed E-state index contributed by atoms with van der Waals surface area (Å²) in [7, 11) is -1.82. The third kappa shape index (κ3) is 5.75. The molecule has 0 heterocycles. The van der Waals surface area contributed by atoms with Crippen LogP contribution in [0.5, 0.6) is 0 Å². The summed E-state index contributed by atoms with van der Waals surface area (Å²) in [6.07, 6.45) is 0. The number of primary sulfonamides is 1. The first-order valence-corrected chi connectivity index (χ1v) is 8.75. The van der Waals surface area contributed by atoms with Crippen molar-refractivity contribution in [1.29, 1.82) is 0 Å². The monoisotopic (exact) mass is 327 g/mol. The summed E-state index contributed by atoms with van der Waals surface area (Å²) in [4.78, 5) is 13.8. The Hall–Kier alpha value is -1.44. The predicted octanol–water partition coefficient (Wildman–Crippen LogP) is 1.10. The first-order chi connectivity index (χ1) is 10.1. The Morgan fingerprint density at radius 3 is 2.23 bits per heavy atom. The largest absolute Gasteiger partial charge is 0.355 e. The standard InChI is InChI=1S/C15H25N3O3S/c1-11(2)9-17-15(19)10-18(4)12(3)13-5-7-14(8-6-13)22(16,20)21/h5-8,11-12H,9-10H2,1-4H3,(H,17,19)(H2,16,20,21). The molecule has 1 atom stereocenters. The van der Waals surface area contributed by atoms with Crippen molar-refractivity contribution >= 4 is 15.9 Å². The van der Waals surface area contributed by atoms with Crippen LogP contribution in [0.15, 0.2) is 29.2 Å². The minimum absolute atomic E-state index is 0.0145. The average molecular weight is 327 g/mol. The Labute approximate surface area is 132 Å². The number of likely N-dealkylation sites (N-methyl/N-ethyl adjacent to an activating group) is 1. The van der Waals surface area contributed by atoms with Crippen LogP contribution in [0.1, 0.15) is 32.4 Å². The topological polar surface area (TPSA) is 92.5 Å². The summed E-state index contributed by atoms with van der Waals surface area (Å²) in [5.74, 6) is 0.390. The van der Waals surface area contributed by atoms with Crippen molar-refractivity contribution in [3.63, 3.8) is 0 Å². The van der Waals surface area contributed by atoms with E-state index in [1.54, 1.807) is 12.1 Å². The fourth-order valence-electron chi connectivity index (χ4n) is 1.93. The van der Waals surface area contributed by atoms with Gasteiger partial charge in [-0.25, -0.2) is 13.6 Å². The lowest BCUT2D eigenvalue weighted by Gasteiger charge is -2.24. The highest BCUT2D eigenvalue weighted by Gasteiger charge is 2.16. The number of nitrogens with one attached hydrogen (secondary N) is 1. The predicted molar refractivity (Wildman–Crippen MR) is 86.7 cm³/mol. The molecule has 7 heteroatoms. The first-order valence-electron chi connectivity index (χ1n) is 7.21. The lowest BCUT2D eigenvalue weighted by Crippen LogP contribution is -2.37. The van der Waals surface area contributed by atoms with Crippen molar-refractivity contribution < 1.29 is 13.2 Å². The number of sulfonamides is 1. The minimum Gasteiger partial charge on any atom is -0.355 e. The number of benzene rings is 1. The van der Waals surface area contributed by atoms with Crippen LogP contribution in [0, 0.1) is 5.92 Å². The average Bonchev–Trinajstić information content (AvgIpc) is 2.43. The molecule has 0 aliphatic heterocycles. The summed E-state index contributed by atoms with van der Waals surface area (Å²) in [6.45, 7) is 6.98. The maximum absolute atomic E-state index is 11.8. The molecule has 0 aliphatic carbocycles. The van der Waals surface area contributed by atoms with Crippen molar-refractivity contribution in [2.75, 3.05) is 20.1 Å². The van der Waals surface area contributed by atoms with Gasteiger partial charge in [0.2, 0.25) is 15.9 Å². The van der Waals surface area contributed by atoms with Crippen LogP contribution in [0.2, 0.25) is 0 Å². The zero-order chi connectivity index (χ0) is 16.9. The van der Waals surface area contributed by atoms with Crippen LogP contribution in [-0.2, 0) is 14.8 Å². The maximum atomic E-state index is 11.8. The minimum atomic E-state index is -3.68. The van der Waals surface area contributed by atoms with Crippen LogP contribution in [-0.4, -0.2) is 39.4 Å². The fraction of sp³-hybridized carbons (Fsp3) is 0.533. The summed E-state index contributed by atoms with van der Waals surface area (Å²) in [5, 5.41) is 7.95. The van der Waals surface area contributed by atoms with Gasteiger partial charge in [-0.1, -0.05) is 26.0 Å². The van der Waals surface area contributed by atoms with Crippen molar-refractivity contribution in [3.05, 3.63) is 29.8 Å². The van der Waals surface area contributed by atoms with E-state index in [-0.39, 0.29) is 23.4 Å². The molecule has 0 spiro atoms. The van der Waals surface area contributed by atoms with E-state index in [2.05, 4.69) is 5.32 Å². The molecule has 0 radical (unpaired) electrons. The maximum Gasteiger partial charge on any atom is 0.238 e. The molecule has 124 valence electrons. The highest BCUT2D eigenvalue weighted by molar-refractivity contribution is 7.89. The van der Waals surface area contributed by atoms with Crippen LogP contribution in [0.25, 0.3) is 0 Å². The normalized spacial score (nSPS) is 13.4. The van der Waals surface area contributed by atoms with Gasteiger partial charge in [-0.15, -0.1) is 0 Å². The molecule has 1 amide bonds. The van der Waals surface area contributed by atoms with Gasteiger partial charge in [-0.05, 0) is 37.6 Å². The number of rotatable bonds is 7. The van der Waals surface area contributed by atoms with Gasteiger partial charge in [0.15, 0.2) is 0 Å². The van der Waals surface area contributed by atoms with Gasteiger partial charge in [-0.3, -0.25) is 9.69 Å². The van der Waals surface area contributed by atoms with Gasteiger partial charge < -0.3 is 5.32 Å². The van der Waals surface area contributed by atoms with Gasteiger partial charge in [0, 0.05) is 12.6 Å². The Kier molecular flexibility index (Phi) is 6.52. The lowest BCUT2D eigenvalue weighted by molar-refractivity contribution is -0.122. The van der Waals surface area contributed by atoms with Gasteiger partial charge in [0.1, 0.15) is 0 Å². The Morgan fingerprint density at radius 1 is 1.23 bits per heavy atom. The summed E-state index contributed by atoms with van der Waals surface area (Å²) >= 11 is 0. The molecule has 0 aromatic heterocycles. The number of hydrogen-bond acceptors (Lipinski definition) is 4. The van der Waals surface area contributed by atoms with E-state index in [1.165, 1.54) is 12.1 Å². The second-order valence-electron chi connectivity index (χ2n) is 5.90. The molecular formula is C15H25N3O3S. The first kappa shape index (κ1) is 18.6. The van der Waals surface area contributed by atoms with E-state index in [9.17, 15) is 13.2 Å². The third-order valence-corrected chi connectivity index (χ3v) is 4.38. The molecule has 0 aliphatic rings. The van der Waals surface area contributed by atoms with Crippen LogP contribution in [0.4, 0.5) is 0 Å². The molecule has 22 heavy (non-hydrogen) atoms. The molecule has 0 saturated carbocycles. The van der Waals surface area contributed by atoms with Crippen LogP contribution in [0.3, 0.4) is 0 Å². The quantitative estimate of drug-likeness (QED) is 0.784. The van der Waals surface area contributed by atoms with Crippen molar-refractivity contribution in [3.8, 4) is 0 Å². The van der Waals surface area contributed by atoms with E-state index in [0.29, 0.717) is 12.5 Å². The fourth-order valence-corrected chi connectivity index (χ4v) is 2.44. The Bertz CT molecular complexity index is 597. The van der Waals surface area contributed by atoms with Gasteiger partial charge in [0.25, 0.3) is 0 Å². The van der Waals surface area contributed by atoms with Crippen LogP contribution >= 0.6 is 0 Å². The number of hydrogen-bond donors (Lipinski definition) is 2. The second kappa shape index (κ2) is 7.71. The number of carbonyl (C=O) groups is 1. The van der Waals surface area contributed by atoms with Gasteiger partial charge in [0.05, 0.1) is 11.4 Å². The van der Waals surface area contributed by atoms with E-state index in [1.807, 2.05) is 32.7 Å². The highest BCUT2D eigenvalue weighted by Crippen LogP contribution is 2.20. The Morgan fingerprint density at radius 2 is 1.77 bits per heavy atom. The molecule has 0 saturated heterocycles. The molecule has 0 bridgehead atoms. The van der Waals surface area contributed by atoms with Crippen molar-refractivity contribution in [2.45, 2.75) is 31.7 Å². The highest BCUT2D eigenvalue weighted by atomic mass is 32.2. The molecule has 1 rings (SSSR count). The van der Waals surface area contributed by atoms with E-state index in [4.69, 9.17) is 5.14 Å². The molecule has 1 aromatic carbocycles. The number of nitrogens with zero attached hydrogens (tertiary/aromatic N) is 1. The molecule has 1 unspecified atom stereocenters. The summed E-state index contributed by atoms with van der Waals surface area (Å²) in [5.41, 5.74) is 0.923. The molecule has 0 fully saturated rings. The molecule has 3 N–H and O–H groups in total. The zero-order valence-corrected chi connectivity index (χ0v) is 14.4. The summed E-state index contributed by atoms with van der Waals surface area (Å²) in [6, 6.07) is 6.38. The molecular weight excluding hydrogens is 302 g/mol. The molecule has 1 aromatic rings. The molecule has 6 nitrogen and oxygen atoms in total. The van der Waals surface area contributed by atoms with E-state index < -0.39 is 10.0 Å². The lowest BCUT2D eigenvalue weighted by atomic mass is 10.1. The Balaban J connectivity index is 2.66. The van der Waals surface area contributed by atoms with E-state index in [0.717, 1.165) is 5.56 Å². The van der Waals surface area contributed by atoms with Gasteiger partial charge >= 0.3 is 0 Å².